The molecule has 0 aliphatic carbocycles. The van der Waals surface area contributed by atoms with E-state index in [1.165, 1.54) is 19.2 Å². The minimum atomic E-state index is -0.631. The SMILES string of the molecule is COC(C)C(O)Cc1cc(F)ccc1Br. The molecular weight excluding hydrogens is 263 g/mol. The highest BCUT2D eigenvalue weighted by Crippen LogP contribution is 2.20. The maximum absolute atomic E-state index is 12.9. The standard InChI is InChI=1S/C11H14BrFO2/c1-7(15-2)11(14)6-8-5-9(13)3-4-10(8)12/h3-5,7,11,14H,6H2,1-2H3. The summed E-state index contributed by atoms with van der Waals surface area (Å²) in [5, 5.41) is 9.72. The molecular formula is C11H14BrFO2. The van der Waals surface area contributed by atoms with Gasteiger partial charge in [0.1, 0.15) is 5.82 Å². The molecule has 1 rings (SSSR count). The molecule has 1 aromatic carbocycles. The molecule has 0 fully saturated rings. The average Bonchev–Trinajstić information content (AvgIpc) is 2.22. The molecule has 0 radical (unpaired) electrons. The highest BCUT2D eigenvalue weighted by Gasteiger charge is 2.15. The molecule has 0 spiro atoms. The van der Waals surface area contributed by atoms with E-state index in [9.17, 15) is 9.50 Å². The number of rotatable bonds is 4. The predicted molar refractivity (Wildman–Crippen MR) is 60.3 cm³/mol. The minimum Gasteiger partial charge on any atom is -0.390 e. The monoisotopic (exact) mass is 276 g/mol. The number of methoxy groups -OCH3 is 1. The van der Waals surface area contributed by atoms with Crippen molar-refractivity contribution in [1.29, 1.82) is 0 Å². The van der Waals surface area contributed by atoms with E-state index in [0.29, 0.717) is 6.42 Å². The summed E-state index contributed by atoms with van der Waals surface area (Å²) in [6.07, 6.45) is -0.527. The lowest BCUT2D eigenvalue weighted by molar-refractivity contribution is 0.000307. The number of hydrogen-bond donors (Lipinski definition) is 1. The zero-order valence-corrected chi connectivity index (χ0v) is 10.3. The van der Waals surface area contributed by atoms with Gasteiger partial charge in [-0.25, -0.2) is 4.39 Å². The summed E-state index contributed by atoms with van der Waals surface area (Å²) in [6.45, 7) is 1.78. The van der Waals surface area contributed by atoms with Gasteiger partial charge in [-0.15, -0.1) is 0 Å². The largest absolute Gasteiger partial charge is 0.390 e. The summed E-state index contributed by atoms with van der Waals surface area (Å²) >= 11 is 3.31. The third-order valence-electron chi connectivity index (χ3n) is 2.35. The fourth-order valence-electron chi connectivity index (χ4n) is 1.25. The summed E-state index contributed by atoms with van der Waals surface area (Å²) in [5.41, 5.74) is 0.742. The van der Waals surface area contributed by atoms with E-state index in [1.807, 2.05) is 0 Å². The Morgan fingerprint density at radius 2 is 2.20 bits per heavy atom. The van der Waals surface area contributed by atoms with Crippen LogP contribution in [0.3, 0.4) is 0 Å². The second-order valence-corrected chi connectivity index (χ2v) is 4.30. The van der Waals surface area contributed by atoms with Crippen molar-refractivity contribution in [3.63, 3.8) is 0 Å². The van der Waals surface area contributed by atoms with Crippen LogP contribution in [0.1, 0.15) is 12.5 Å². The molecule has 0 aromatic heterocycles. The molecule has 1 N–H and O–H groups in total. The molecule has 15 heavy (non-hydrogen) atoms. The Balaban J connectivity index is 2.75. The van der Waals surface area contributed by atoms with Gasteiger partial charge in [-0.2, -0.15) is 0 Å². The van der Waals surface area contributed by atoms with Crippen molar-refractivity contribution >= 4 is 15.9 Å². The molecule has 4 heteroatoms. The van der Waals surface area contributed by atoms with E-state index in [4.69, 9.17) is 4.74 Å². The fourth-order valence-corrected chi connectivity index (χ4v) is 1.66. The Kier molecular flexibility index (Phi) is 4.70. The van der Waals surface area contributed by atoms with Gasteiger partial charge >= 0.3 is 0 Å². The Labute approximate surface area is 97.2 Å². The molecule has 0 heterocycles. The summed E-state index contributed by atoms with van der Waals surface area (Å²) in [7, 11) is 1.54. The van der Waals surface area contributed by atoms with Gasteiger partial charge in [0, 0.05) is 18.0 Å². The molecule has 0 amide bonds. The van der Waals surface area contributed by atoms with Crippen LogP contribution >= 0.6 is 15.9 Å². The van der Waals surface area contributed by atoms with E-state index in [-0.39, 0.29) is 11.9 Å². The highest BCUT2D eigenvalue weighted by molar-refractivity contribution is 9.10. The quantitative estimate of drug-likeness (QED) is 0.916. The number of ether oxygens (including phenoxy) is 1. The van der Waals surface area contributed by atoms with Crippen LogP contribution in [0.15, 0.2) is 22.7 Å². The number of aliphatic hydroxyl groups excluding tert-OH is 1. The van der Waals surface area contributed by atoms with Crippen molar-refractivity contribution in [2.24, 2.45) is 0 Å². The second kappa shape index (κ2) is 5.58. The van der Waals surface area contributed by atoms with Crippen molar-refractivity contribution in [2.75, 3.05) is 7.11 Å². The van der Waals surface area contributed by atoms with Crippen LogP contribution in [0, 0.1) is 5.82 Å². The molecule has 0 bridgehead atoms. The smallest absolute Gasteiger partial charge is 0.123 e. The first-order valence-corrected chi connectivity index (χ1v) is 5.48. The van der Waals surface area contributed by atoms with Crippen molar-refractivity contribution in [1.82, 2.24) is 0 Å². The lowest BCUT2D eigenvalue weighted by Crippen LogP contribution is -2.27. The van der Waals surface area contributed by atoms with E-state index in [2.05, 4.69) is 15.9 Å². The Morgan fingerprint density at radius 1 is 1.53 bits per heavy atom. The van der Waals surface area contributed by atoms with Gasteiger partial charge in [-0.3, -0.25) is 0 Å². The molecule has 2 atom stereocenters. The third kappa shape index (κ3) is 3.55. The molecule has 0 aliphatic heterocycles. The van der Waals surface area contributed by atoms with Gasteiger partial charge < -0.3 is 9.84 Å². The fraction of sp³-hybridized carbons (Fsp3) is 0.455. The number of hydrogen-bond acceptors (Lipinski definition) is 2. The van der Waals surface area contributed by atoms with Gasteiger partial charge in [0.25, 0.3) is 0 Å². The Bertz CT molecular complexity index is 330. The molecule has 0 saturated carbocycles. The number of benzene rings is 1. The molecule has 0 saturated heterocycles. The van der Waals surface area contributed by atoms with Crippen LogP contribution in [-0.2, 0) is 11.2 Å². The zero-order valence-electron chi connectivity index (χ0n) is 8.71. The summed E-state index contributed by atoms with van der Waals surface area (Å²) in [6, 6.07) is 4.42. The first-order valence-electron chi connectivity index (χ1n) is 4.69. The van der Waals surface area contributed by atoms with Crippen LogP contribution in [0.25, 0.3) is 0 Å². The van der Waals surface area contributed by atoms with Gasteiger partial charge in [-0.1, -0.05) is 15.9 Å². The van der Waals surface area contributed by atoms with Crippen LogP contribution in [0.2, 0.25) is 0 Å². The highest BCUT2D eigenvalue weighted by atomic mass is 79.9. The lowest BCUT2D eigenvalue weighted by Gasteiger charge is -2.17. The van der Waals surface area contributed by atoms with Crippen molar-refractivity contribution in [3.8, 4) is 0 Å². The maximum Gasteiger partial charge on any atom is 0.123 e. The van der Waals surface area contributed by atoms with Crippen LogP contribution in [-0.4, -0.2) is 24.4 Å². The number of halogens is 2. The normalized spacial score (nSPS) is 15.0. The minimum absolute atomic E-state index is 0.264. The van der Waals surface area contributed by atoms with E-state index in [1.54, 1.807) is 13.0 Å². The Hall–Kier alpha value is -0.450. The molecule has 0 aliphatic rings. The van der Waals surface area contributed by atoms with Crippen LogP contribution in [0.5, 0.6) is 0 Å². The average molecular weight is 277 g/mol. The number of aliphatic hydroxyl groups is 1. The van der Waals surface area contributed by atoms with E-state index in [0.717, 1.165) is 10.0 Å². The van der Waals surface area contributed by atoms with Crippen LogP contribution < -0.4 is 0 Å². The summed E-state index contributed by atoms with van der Waals surface area (Å²) in [5.74, 6) is -0.300. The van der Waals surface area contributed by atoms with Gasteiger partial charge in [0.2, 0.25) is 0 Å². The second-order valence-electron chi connectivity index (χ2n) is 3.45. The molecule has 2 unspecified atom stereocenters. The summed E-state index contributed by atoms with van der Waals surface area (Å²) < 4.78 is 18.7. The molecule has 2 nitrogen and oxygen atoms in total. The van der Waals surface area contributed by atoms with Crippen molar-refractivity contribution in [3.05, 3.63) is 34.1 Å². The zero-order chi connectivity index (χ0) is 11.4. The van der Waals surface area contributed by atoms with E-state index < -0.39 is 6.10 Å². The topological polar surface area (TPSA) is 29.5 Å². The van der Waals surface area contributed by atoms with E-state index >= 15 is 0 Å². The predicted octanol–water partition coefficient (Wildman–Crippen LogP) is 2.53. The Morgan fingerprint density at radius 3 is 2.80 bits per heavy atom. The van der Waals surface area contributed by atoms with Crippen LogP contribution in [0.4, 0.5) is 4.39 Å². The maximum atomic E-state index is 12.9. The van der Waals surface area contributed by atoms with Crippen molar-refractivity contribution < 1.29 is 14.2 Å². The first-order chi connectivity index (χ1) is 7.04. The lowest BCUT2D eigenvalue weighted by atomic mass is 10.0. The van der Waals surface area contributed by atoms with Gasteiger partial charge in [0.05, 0.1) is 12.2 Å². The van der Waals surface area contributed by atoms with Gasteiger partial charge in [0.15, 0.2) is 0 Å². The summed E-state index contributed by atoms with van der Waals surface area (Å²) in [4.78, 5) is 0. The molecule has 1 aromatic rings. The molecule has 84 valence electrons. The van der Waals surface area contributed by atoms with Gasteiger partial charge in [-0.05, 0) is 30.7 Å². The first kappa shape index (κ1) is 12.6. The van der Waals surface area contributed by atoms with Crippen molar-refractivity contribution in [2.45, 2.75) is 25.6 Å². The third-order valence-corrected chi connectivity index (χ3v) is 3.12.